The molecular formula is C13H28N2O3S. The molecule has 0 amide bonds. The topological polar surface area (TPSA) is 60.9 Å². The Morgan fingerprint density at radius 2 is 1.95 bits per heavy atom. The highest BCUT2D eigenvalue weighted by Gasteiger charge is 2.19. The van der Waals surface area contributed by atoms with E-state index in [0.717, 1.165) is 39.1 Å². The summed E-state index contributed by atoms with van der Waals surface area (Å²) >= 11 is 0. The number of likely N-dealkylation sites (tertiary alicyclic amines) is 1. The van der Waals surface area contributed by atoms with E-state index in [1.807, 2.05) is 0 Å². The van der Waals surface area contributed by atoms with Crippen LogP contribution in [0.1, 0.15) is 19.3 Å². The zero-order valence-electron chi connectivity index (χ0n) is 12.2. The van der Waals surface area contributed by atoms with E-state index in [4.69, 9.17) is 5.11 Å². The van der Waals surface area contributed by atoms with E-state index >= 15 is 0 Å². The zero-order chi connectivity index (χ0) is 14.3. The molecule has 0 radical (unpaired) electrons. The van der Waals surface area contributed by atoms with Gasteiger partial charge in [-0.25, -0.2) is 8.42 Å². The average Bonchev–Trinajstić information content (AvgIpc) is 2.30. The van der Waals surface area contributed by atoms with Crippen molar-refractivity contribution in [2.75, 3.05) is 58.4 Å². The molecule has 0 bridgehead atoms. The van der Waals surface area contributed by atoms with Crippen molar-refractivity contribution < 1.29 is 13.5 Å². The number of piperidine rings is 1. The van der Waals surface area contributed by atoms with Crippen molar-refractivity contribution in [3.63, 3.8) is 0 Å². The van der Waals surface area contributed by atoms with Gasteiger partial charge < -0.3 is 14.9 Å². The predicted molar refractivity (Wildman–Crippen MR) is 78.1 cm³/mol. The molecular weight excluding hydrogens is 264 g/mol. The molecule has 5 nitrogen and oxygen atoms in total. The van der Waals surface area contributed by atoms with Crippen LogP contribution in [0.3, 0.4) is 0 Å². The lowest BCUT2D eigenvalue weighted by atomic mass is 9.96. The summed E-state index contributed by atoms with van der Waals surface area (Å²) in [5.74, 6) is 0.991. The Bertz CT molecular complexity index is 338. The number of β-amino-alcohol motifs (C(OH)–C–C–N with tert-alkyl or cyclic N) is 1. The highest BCUT2D eigenvalue weighted by atomic mass is 32.2. The number of aliphatic hydroxyl groups excluding tert-OH is 1. The molecule has 0 aromatic heterocycles. The molecule has 1 fully saturated rings. The van der Waals surface area contributed by atoms with Crippen LogP contribution in [0, 0.1) is 5.92 Å². The first kappa shape index (κ1) is 16.9. The van der Waals surface area contributed by atoms with Gasteiger partial charge in [0.05, 0.1) is 12.4 Å². The van der Waals surface area contributed by atoms with Crippen LogP contribution in [-0.4, -0.2) is 81.7 Å². The van der Waals surface area contributed by atoms with Crippen LogP contribution in [0.4, 0.5) is 0 Å². The lowest BCUT2D eigenvalue weighted by Gasteiger charge is -2.33. The average molecular weight is 292 g/mol. The normalized spacial score (nSPS) is 19.2. The molecule has 0 aromatic rings. The minimum Gasteiger partial charge on any atom is -0.395 e. The Morgan fingerprint density at radius 3 is 2.47 bits per heavy atom. The second kappa shape index (κ2) is 8.19. The van der Waals surface area contributed by atoms with Crippen LogP contribution >= 0.6 is 0 Å². The Labute approximate surface area is 117 Å². The van der Waals surface area contributed by atoms with E-state index in [1.54, 1.807) is 0 Å². The molecule has 0 aliphatic carbocycles. The van der Waals surface area contributed by atoms with Crippen molar-refractivity contribution in [1.29, 1.82) is 0 Å². The smallest absolute Gasteiger partial charge is 0.147 e. The molecule has 1 rings (SSSR count). The fourth-order valence-electron chi connectivity index (χ4n) is 2.66. The van der Waals surface area contributed by atoms with Gasteiger partial charge in [-0.15, -0.1) is 0 Å². The van der Waals surface area contributed by atoms with Gasteiger partial charge in [0.25, 0.3) is 0 Å². The summed E-state index contributed by atoms with van der Waals surface area (Å²) in [4.78, 5) is 4.55. The van der Waals surface area contributed by atoms with Crippen LogP contribution in [0.2, 0.25) is 0 Å². The highest BCUT2D eigenvalue weighted by molar-refractivity contribution is 7.90. The Morgan fingerprint density at radius 1 is 1.32 bits per heavy atom. The summed E-state index contributed by atoms with van der Waals surface area (Å²) < 4.78 is 22.1. The van der Waals surface area contributed by atoms with Crippen LogP contribution in [0.25, 0.3) is 0 Å². The molecule has 6 heteroatoms. The summed E-state index contributed by atoms with van der Waals surface area (Å²) in [5, 5.41) is 8.89. The van der Waals surface area contributed by atoms with Gasteiger partial charge in [0.15, 0.2) is 0 Å². The maximum absolute atomic E-state index is 11.1. The van der Waals surface area contributed by atoms with E-state index in [-0.39, 0.29) is 12.4 Å². The van der Waals surface area contributed by atoms with Crippen molar-refractivity contribution in [1.82, 2.24) is 9.80 Å². The number of sulfone groups is 1. The van der Waals surface area contributed by atoms with E-state index in [1.165, 1.54) is 19.1 Å². The van der Waals surface area contributed by atoms with E-state index in [2.05, 4.69) is 16.8 Å². The number of hydrogen-bond donors (Lipinski definition) is 1. The largest absolute Gasteiger partial charge is 0.395 e. The summed E-state index contributed by atoms with van der Waals surface area (Å²) in [6.45, 7) is 5.08. The molecule has 1 aliphatic rings. The van der Waals surface area contributed by atoms with Gasteiger partial charge in [0, 0.05) is 19.3 Å². The minimum atomic E-state index is -2.82. The molecule has 0 aromatic carbocycles. The van der Waals surface area contributed by atoms with Crippen LogP contribution < -0.4 is 0 Å². The molecule has 1 aliphatic heterocycles. The SMILES string of the molecule is CN(CCCS(C)(=O)=O)CC1CCN(CCO)CC1. The first-order valence-electron chi connectivity index (χ1n) is 7.10. The summed E-state index contributed by atoms with van der Waals surface area (Å²) in [5.41, 5.74) is 0. The highest BCUT2D eigenvalue weighted by Crippen LogP contribution is 2.17. The molecule has 114 valence electrons. The van der Waals surface area contributed by atoms with Crippen LogP contribution in [0.5, 0.6) is 0 Å². The quantitative estimate of drug-likeness (QED) is 0.685. The second-order valence-electron chi connectivity index (χ2n) is 5.75. The van der Waals surface area contributed by atoms with Crippen molar-refractivity contribution in [3.8, 4) is 0 Å². The predicted octanol–water partition coefficient (Wildman–Crippen LogP) is 0.0572. The number of aliphatic hydroxyl groups is 1. The van der Waals surface area contributed by atoms with Crippen molar-refractivity contribution in [2.24, 2.45) is 5.92 Å². The molecule has 0 unspecified atom stereocenters. The first-order valence-corrected chi connectivity index (χ1v) is 9.16. The van der Waals surface area contributed by atoms with E-state index < -0.39 is 9.84 Å². The number of hydrogen-bond acceptors (Lipinski definition) is 5. The second-order valence-corrected chi connectivity index (χ2v) is 8.01. The molecule has 1 N–H and O–H groups in total. The van der Waals surface area contributed by atoms with Gasteiger partial charge in [0.1, 0.15) is 9.84 Å². The molecule has 0 spiro atoms. The monoisotopic (exact) mass is 292 g/mol. The Kier molecular flexibility index (Phi) is 7.28. The third-order valence-corrected chi connectivity index (χ3v) is 4.78. The standard InChI is InChI=1S/C13H28N2O3S/c1-14(6-3-11-19(2,17)18)12-13-4-7-15(8-5-13)9-10-16/h13,16H,3-12H2,1-2H3. The van der Waals surface area contributed by atoms with Crippen molar-refractivity contribution >= 4 is 9.84 Å². The summed E-state index contributed by atoms with van der Waals surface area (Å²) in [6.07, 6.45) is 4.37. The summed E-state index contributed by atoms with van der Waals surface area (Å²) in [6, 6.07) is 0. The minimum absolute atomic E-state index is 0.246. The van der Waals surface area contributed by atoms with Gasteiger partial charge in [-0.1, -0.05) is 0 Å². The van der Waals surface area contributed by atoms with E-state index in [0.29, 0.717) is 5.92 Å². The zero-order valence-corrected chi connectivity index (χ0v) is 13.0. The molecule has 0 atom stereocenters. The third-order valence-electron chi connectivity index (χ3n) is 3.75. The van der Waals surface area contributed by atoms with Gasteiger partial charge >= 0.3 is 0 Å². The van der Waals surface area contributed by atoms with Crippen LogP contribution in [0.15, 0.2) is 0 Å². The molecule has 19 heavy (non-hydrogen) atoms. The van der Waals surface area contributed by atoms with E-state index in [9.17, 15) is 8.42 Å². The first-order chi connectivity index (χ1) is 8.90. The Balaban J connectivity index is 2.14. The third kappa shape index (κ3) is 7.87. The lowest BCUT2D eigenvalue weighted by molar-refractivity contribution is 0.131. The maximum Gasteiger partial charge on any atom is 0.147 e. The molecule has 0 saturated carbocycles. The number of nitrogens with zero attached hydrogens (tertiary/aromatic N) is 2. The van der Waals surface area contributed by atoms with Crippen LogP contribution in [-0.2, 0) is 9.84 Å². The maximum atomic E-state index is 11.1. The van der Waals surface area contributed by atoms with Crippen molar-refractivity contribution in [2.45, 2.75) is 19.3 Å². The summed E-state index contributed by atoms with van der Waals surface area (Å²) in [7, 11) is -0.752. The Hall–Kier alpha value is -0.170. The lowest BCUT2D eigenvalue weighted by Crippen LogP contribution is -2.39. The molecule has 1 saturated heterocycles. The van der Waals surface area contributed by atoms with Crippen molar-refractivity contribution in [3.05, 3.63) is 0 Å². The van der Waals surface area contributed by atoms with Gasteiger partial charge in [-0.05, 0) is 51.9 Å². The fourth-order valence-corrected chi connectivity index (χ4v) is 3.32. The van der Waals surface area contributed by atoms with Gasteiger partial charge in [-0.2, -0.15) is 0 Å². The van der Waals surface area contributed by atoms with Gasteiger partial charge in [-0.3, -0.25) is 0 Å². The number of rotatable bonds is 8. The fraction of sp³-hybridized carbons (Fsp3) is 1.00. The van der Waals surface area contributed by atoms with Gasteiger partial charge in [0.2, 0.25) is 0 Å². The molecule has 1 heterocycles.